The molecular weight excluding hydrogens is 400 g/mol. The van der Waals surface area contributed by atoms with Gasteiger partial charge in [-0.05, 0) is 57.9 Å². The lowest BCUT2D eigenvalue weighted by Gasteiger charge is -2.34. The van der Waals surface area contributed by atoms with E-state index >= 15 is 0 Å². The molecule has 0 radical (unpaired) electrons. The van der Waals surface area contributed by atoms with Gasteiger partial charge in [-0.2, -0.15) is 0 Å². The van der Waals surface area contributed by atoms with E-state index in [1.165, 1.54) is 6.08 Å². The van der Waals surface area contributed by atoms with Crippen LogP contribution in [0.25, 0.3) is 0 Å². The number of aliphatic hydroxyl groups is 1. The molecule has 1 aromatic rings. The second kappa shape index (κ2) is 9.38. The van der Waals surface area contributed by atoms with Crippen molar-refractivity contribution in [3.8, 4) is 0 Å². The molecule has 2 aliphatic rings. The van der Waals surface area contributed by atoms with Gasteiger partial charge in [0.15, 0.2) is 0 Å². The number of anilines is 2. The maximum atomic E-state index is 12.3. The van der Waals surface area contributed by atoms with Crippen molar-refractivity contribution in [1.29, 1.82) is 0 Å². The quantitative estimate of drug-likeness (QED) is 0.593. The molecule has 9 nitrogen and oxygen atoms in total. The smallest absolute Gasteiger partial charge is 0.410 e. The summed E-state index contributed by atoms with van der Waals surface area (Å²) < 4.78 is 5.47. The Kier molecular flexibility index (Phi) is 6.84. The molecule has 1 atom stereocenters. The summed E-state index contributed by atoms with van der Waals surface area (Å²) in [5.74, 6) is -0.891. The van der Waals surface area contributed by atoms with Gasteiger partial charge in [-0.15, -0.1) is 0 Å². The van der Waals surface area contributed by atoms with E-state index in [1.807, 2.05) is 45.0 Å². The van der Waals surface area contributed by atoms with Crippen LogP contribution in [-0.4, -0.2) is 70.7 Å². The first-order valence-corrected chi connectivity index (χ1v) is 10.5. The highest BCUT2D eigenvalue weighted by Crippen LogP contribution is 2.22. The Bertz CT molecular complexity index is 860. The summed E-state index contributed by atoms with van der Waals surface area (Å²) in [6, 6.07) is 7.49. The van der Waals surface area contributed by atoms with Gasteiger partial charge >= 0.3 is 6.09 Å². The summed E-state index contributed by atoms with van der Waals surface area (Å²) in [5.41, 5.74) is 1.23. The van der Waals surface area contributed by atoms with Crippen molar-refractivity contribution in [2.45, 2.75) is 45.3 Å². The Balaban J connectivity index is 1.55. The van der Waals surface area contributed by atoms with Crippen molar-refractivity contribution in [1.82, 2.24) is 9.80 Å². The Labute approximate surface area is 182 Å². The summed E-state index contributed by atoms with van der Waals surface area (Å²) in [6.45, 7) is 6.53. The van der Waals surface area contributed by atoms with Gasteiger partial charge in [-0.3, -0.25) is 14.5 Å². The highest BCUT2D eigenvalue weighted by atomic mass is 16.6. The lowest BCUT2D eigenvalue weighted by atomic mass is 10.1. The van der Waals surface area contributed by atoms with Crippen LogP contribution in [0.2, 0.25) is 0 Å². The molecule has 3 N–H and O–H groups in total. The van der Waals surface area contributed by atoms with Crippen molar-refractivity contribution < 1.29 is 24.2 Å². The summed E-state index contributed by atoms with van der Waals surface area (Å²) in [4.78, 5) is 39.1. The number of benzene rings is 1. The number of carbonyl (C=O) groups is 3. The fourth-order valence-corrected chi connectivity index (χ4v) is 3.54. The fourth-order valence-electron chi connectivity index (χ4n) is 3.54. The van der Waals surface area contributed by atoms with E-state index in [1.54, 1.807) is 4.90 Å². The zero-order chi connectivity index (χ0) is 22.6. The molecule has 3 amide bonds. The minimum absolute atomic E-state index is 0.0239. The minimum atomic E-state index is -0.518. The number of piperidine rings is 1. The van der Waals surface area contributed by atoms with Gasteiger partial charge in [-0.25, -0.2) is 4.79 Å². The zero-order valence-corrected chi connectivity index (χ0v) is 18.2. The summed E-state index contributed by atoms with van der Waals surface area (Å²) in [6.07, 6.45) is 2.78. The molecule has 0 aliphatic carbocycles. The van der Waals surface area contributed by atoms with E-state index in [9.17, 15) is 14.4 Å². The lowest BCUT2D eigenvalue weighted by molar-refractivity contribution is -0.137. The van der Waals surface area contributed by atoms with Crippen LogP contribution in [0.4, 0.5) is 16.2 Å². The molecule has 1 saturated heterocycles. The van der Waals surface area contributed by atoms with E-state index in [4.69, 9.17) is 9.84 Å². The number of hydrogen-bond donors (Lipinski definition) is 3. The number of nitrogens with one attached hydrogen (secondary N) is 2. The second-order valence-corrected chi connectivity index (χ2v) is 8.69. The minimum Gasteiger partial charge on any atom is -0.444 e. The number of aliphatic hydroxyl groups excluding tert-OH is 1. The number of amides is 3. The topological polar surface area (TPSA) is 111 Å². The number of rotatable bonds is 6. The molecule has 2 aliphatic heterocycles. The molecular formula is C22H30N4O5. The third kappa shape index (κ3) is 5.97. The molecule has 0 spiro atoms. The van der Waals surface area contributed by atoms with Crippen LogP contribution < -0.4 is 10.6 Å². The van der Waals surface area contributed by atoms with Crippen LogP contribution in [0.1, 0.15) is 33.6 Å². The molecule has 1 unspecified atom stereocenters. The highest BCUT2D eigenvalue weighted by molar-refractivity contribution is 6.17. The Morgan fingerprint density at radius 1 is 1.19 bits per heavy atom. The van der Waals surface area contributed by atoms with E-state index in [2.05, 4.69) is 10.6 Å². The lowest BCUT2D eigenvalue weighted by Crippen LogP contribution is -2.46. The zero-order valence-electron chi connectivity index (χ0n) is 18.2. The molecule has 2 heterocycles. The van der Waals surface area contributed by atoms with Crippen LogP contribution in [0.5, 0.6) is 0 Å². The second-order valence-electron chi connectivity index (χ2n) is 8.69. The molecule has 0 aromatic heterocycles. The SMILES string of the molecule is CC(C)(C)OC(=O)N1CCCC(Nc2ccc(NC3=CC(=O)N(CCO)C3=O)cc2)C1. The van der Waals surface area contributed by atoms with Crippen molar-refractivity contribution >= 4 is 29.3 Å². The summed E-state index contributed by atoms with van der Waals surface area (Å²) in [7, 11) is 0. The number of likely N-dealkylation sites (tertiary alicyclic amines) is 1. The first-order chi connectivity index (χ1) is 14.7. The van der Waals surface area contributed by atoms with Gasteiger partial charge in [-0.1, -0.05) is 0 Å². The van der Waals surface area contributed by atoms with Gasteiger partial charge in [0.2, 0.25) is 0 Å². The molecule has 0 bridgehead atoms. The Morgan fingerprint density at radius 3 is 2.52 bits per heavy atom. The van der Waals surface area contributed by atoms with E-state index in [0.29, 0.717) is 18.8 Å². The number of ether oxygens (including phenoxy) is 1. The van der Waals surface area contributed by atoms with Crippen molar-refractivity contribution in [3.05, 3.63) is 36.0 Å². The fraction of sp³-hybridized carbons (Fsp3) is 0.500. The van der Waals surface area contributed by atoms with E-state index in [0.717, 1.165) is 23.4 Å². The largest absolute Gasteiger partial charge is 0.444 e. The number of hydrogen-bond acceptors (Lipinski definition) is 7. The van der Waals surface area contributed by atoms with Crippen molar-refractivity contribution in [3.63, 3.8) is 0 Å². The van der Waals surface area contributed by atoms with Gasteiger partial charge in [0, 0.05) is 36.6 Å². The average Bonchev–Trinajstić information content (AvgIpc) is 2.96. The van der Waals surface area contributed by atoms with Crippen molar-refractivity contribution in [2.24, 2.45) is 0 Å². The van der Waals surface area contributed by atoms with Gasteiger partial charge in [0.05, 0.1) is 13.2 Å². The van der Waals surface area contributed by atoms with E-state index < -0.39 is 17.4 Å². The molecule has 9 heteroatoms. The Hall–Kier alpha value is -3.07. The number of imide groups is 1. The average molecular weight is 431 g/mol. The number of carbonyl (C=O) groups excluding carboxylic acids is 3. The van der Waals surface area contributed by atoms with Crippen LogP contribution in [0, 0.1) is 0 Å². The van der Waals surface area contributed by atoms with Gasteiger partial charge in [0.25, 0.3) is 11.8 Å². The van der Waals surface area contributed by atoms with Crippen molar-refractivity contribution in [2.75, 3.05) is 36.9 Å². The predicted molar refractivity (Wildman–Crippen MR) is 116 cm³/mol. The van der Waals surface area contributed by atoms with Gasteiger partial charge in [0.1, 0.15) is 11.3 Å². The standard InChI is InChI=1S/C22H30N4O5/c1-22(2,3)31-21(30)25-10-4-5-17(14-25)23-15-6-8-16(9-7-15)24-18-13-19(28)26(11-12-27)20(18)29/h6-9,13,17,23-24,27H,4-5,10-12,14H2,1-3H3. The molecule has 0 saturated carbocycles. The summed E-state index contributed by atoms with van der Waals surface area (Å²) >= 11 is 0. The maximum absolute atomic E-state index is 12.3. The molecule has 168 valence electrons. The monoisotopic (exact) mass is 430 g/mol. The third-order valence-electron chi connectivity index (χ3n) is 4.94. The molecule has 3 rings (SSSR count). The maximum Gasteiger partial charge on any atom is 0.410 e. The predicted octanol–water partition coefficient (Wildman–Crippen LogP) is 2.15. The van der Waals surface area contributed by atoms with Crippen LogP contribution in [-0.2, 0) is 14.3 Å². The summed E-state index contributed by atoms with van der Waals surface area (Å²) in [5, 5.41) is 15.4. The Morgan fingerprint density at radius 2 is 1.87 bits per heavy atom. The first-order valence-electron chi connectivity index (χ1n) is 10.5. The normalized spacial score (nSPS) is 19.4. The first kappa shape index (κ1) is 22.6. The van der Waals surface area contributed by atoms with E-state index in [-0.39, 0.29) is 31.0 Å². The number of nitrogens with zero attached hydrogens (tertiary/aromatic N) is 2. The van der Waals surface area contributed by atoms with Crippen LogP contribution >= 0.6 is 0 Å². The van der Waals surface area contributed by atoms with Crippen LogP contribution in [0.3, 0.4) is 0 Å². The molecule has 1 fully saturated rings. The highest BCUT2D eigenvalue weighted by Gasteiger charge is 2.31. The molecule has 1 aromatic carbocycles. The van der Waals surface area contributed by atoms with Gasteiger partial charge < -0.3 is 25.4 Å². The number of β-amino-alcohol motifs (C(OH)–C–C–N with tert-alkyl or cyclic N) is 1. The molecule has 31 heavy (non-hydrogen) atoms. The third-order valence-corrected chi connectivity index (χ3v) is 4.94. The van der Waals surface area contributed by atoms with Crippen LogP contribution in [0.15, 0.2) is 36.0 Å².